The van der Waals surface area contributed by atoms with E-state index in [2.05, 4.69) is 0 Å². The van der Waals surface area contributed by atoms with Crippen LogP contribution in [0.3, 0.4) is 0 Å². The van der Waals surface area contributed by atoms with E-state index in [9.17, 15) is 9.59 Å². The number of carbonyl (C=O) groups is 2. The van der Waals surface area contributed by atoms with Crippen molar-refractivity contribution in [1.29, 1.82) is 5.26 Å². The first-order valence-electron chi connectivity index (χ1n) is 6.79. The summed E-state index contributed by atoms with van der Waals surface area (Å²) in [5.74, 6) is -0.777. The summed E-state index contributed by atoms with van der Waals surface area (Å²) in [6.45, 7) is 6.36. The number of carbonyl (C=O) groups excluding carboxylic acids is 2. The zero-order chi connectivity index (χ0) is 15.2. The summed E-state index contributed by atoms with van der Waals surface area (Å²) in [5, 5.41) is 8.67. The molecule has 0 saturated carbocycles. The molecule has 0 radical (unpaired) electrons. The van der Waals surface area contributed by atoms with Gasteiger partial charge in [0.25, 0.3) is 0 Å². The lowest BCUT2D eigenvalue weighted by Crippen LogP contribution is -2.47. The number of hydrogen-bond donors (Lipinski definition) is 0. The van der Waals surface area contributed by atoms with Crippen LogP contribution in [0.1, 0.15) is 40.0 Å². The molecule has 0 aromatic carbocycles. The molecule has 0 aliphatic carbocycles. The number of nitrogens with zero attached hydrogens (tertiary/aromatic N) is 2. The Morgan fingerprint density at radius 2 is 1.95 bits per heavy atom. The van der Waals surface area contributed by atoms with Gasteiger partial charge in [0, 0.05) is 19.3 Å². The summed E-state index contributed by atoms with van der Waals surface area (Å²) >= 11 is 0. The lowest BCUT2D eigenvalue weighted by Gasteiger charge is -2.34. The van der Waals surface area contributed by atoms with Crippen LogP contribution in [0.4, 0.5) is 0 Å². The third-order valence-electron chi connectivity index (χ3n) is 2.90. The molecule has 0 N–H and O–H groups in total. The van der Waals surface area contributed by atoms with Crippen LogP contribution in [0.2, 0.25) is 0 Å². The molecule has 0 unspecified atom stereocenters. The van der Waals surface area contributed by atoms with Crippen molar-refractivity contribution in [2.75, 3.05) is 19.8 Å². The molecular formula is C14H22N2O4. The molecule has 6 heteroatoms. The van der Waals surface area contributed by atoms with Gasteiger partial charge in [-0.1, -0.05) is 0 Å². The lowest BCUT2D eigenvalue weighted by atomic mass is 10.1. The van der Waals surface area contributed by atoms with E-state index in [1.165, 1.54) is 4.90 Å². The molecule has 1 amide bonds. The Hall–Kier alpha value is -1.61. The van der Waals surface area contributed by atoms with Crippen molar-refractivity contribution in [2.45, 2.75) is 51.7 Å². The Kier molecular flexibility index (Phi) is 5.96. The first-order chi connectivity index (χ1) is 9.33. The summed E-state index contributed by atoms with van der Waals surface area (Å²) in [4.78, 5) is 25.3. The summed E-state index contributed by atoms with van der Waals surface area (Å²) in [7, 11) is 0. The fourth-order valence-electron chi connectivity index (χ4n) is 2.10. The van der Waals surface area contributed by atoms with Crippen LogP contribution in [0.5, 0.6) is 0 Å². The molecule has 0 aromatic heterocycles. The number of rotatable bonds is 4. The van der Waals surface area contributed by atoms with Gasteiger partial charge in [-0.05, 0) is 33.6 Å². The molecule has 20 heavy (non-hydrogen) atoms. The van der Waals surface area contributed by atoms with E-state index in [1.54, 1.807) is 20.8 Å². The Morgan fingerprint density at radius 1 is 1.35 bits per heavy atom. The summed E-state index contributed by atoms with van der Waals surface area (Å²) in [6, 6.07) is 1.78. The molecule has 1 aliphatic rings. The molecule has 0 atom stereocenters. The molecule has 6 nitrogen and oxygen atoms in total. The van der Waals surface area contributed by atoms with Crippen LogP contribution in [0.25, 0.3) is 0 Å². The predicted molar refractivity (Wildman–Crippen MR) is 71.6 cm³/mol. The van der Waals surface area contributed by atoms with Gasteiger partial charge < -0.3 is 14.4 Å². The number of amides is 1. The Labute approximate surface area is 119 Å². The van der Waals surface area contributed by atoms with Crippen LogP contribution in [0.15, 0.2) is 0 Å². The van der Waals surface area contributed by atoms with Gasteiger partial charge in [0.15, 0.2) is 0 Å². The lowest BCUT2D eigenvalue weighted by molar-refractivity contribution is -0.160. The Balaban J connectivity index is 2.69. The minimum Gasteiger partial charge on any atom is -0.459 e. The molecule has 1 fully saturated rings. The van der Waals surface area contributed by atoms with E-state index in [4.69, 9.17) is 14.7 Å². The van der Waals surface area contributed by atoms with E-state index in [1.807, 2.05) is 6.07 Å². The van der Waals surface area contributed by atoms with Crippen LogP contribution >= 0.6 is 0 Å². The fourth-order valence-corrected chi connectivity index (χ4v) is 2.10. The standard InChI is InChI=1S/C14H22N2O4/c1-14(2,3)20-13(18)10-16(12(17)4-7-15)11-5-8-19-9-6-11/h11H,4-6,8-10H2,1-3H3. The van der Waals surface area contributed by atoms with Gasteiger partial charge in [-0.3, -0.25) is 9.59 Å². The average molecular weight is 282 g/mol. The maximum atomic E-state index is 12.0. The molecule has 1 saturated heterocycles. The number of esters is 1. The summed E-state index contributed by atoms with van der Waals surface area (Å²) < 4.78 is 10.5. The van der Waals surface area contributed by atoms with Crippen molar-refractivity contribution < 1.29 is 19.1 Å². The van der Waals surface area contributed by atoms with Gasteiger partial charge in [-0.2, -0.15) is 5.26 Å². The van der Waals surface area contributed by atoms with E-state index >= 15 is 0 Å². The highest BCUT2D eigenvalue weighted by Crippen LogP contribution is 2.16. The smallest absolute Gasteiger partial charge is 0.326 e. The predicted octanol–water partition coefficient (Wildman–Crippen LogP) is 1.25. The maximum Gasteiger partial charge on any atom is 0.326 e. The van der Waals surface area contributed by atoms with Gasteiger partial charge >= 0.3 is 5.97 Å². The summed E-state index contributed by atoms with van der Waals surface area (Å²) in [5.41, 5.74) is -0.587. The molecule has 0 spiro atoms. The van der Waals surface area contributed by atoms with E-state index < -0.39 is 11.6 Å². The fraction of sp³-hybridized carbons (Fsp3) is 0.786. The van der Waals surface area contributed by atoms with Gasteiger partial charge in [0.2, 0.25) is 5.91 Å². The van der Waals surface area contributed by atoms with Gasteiger partial charge in [-0.15, -0.1) is 0 Å². The molecule has 1 aliphatic heterocycles. The number of nitriles is 1. The summed E-state index contributed by atoms with van der Waals surface area (Å²) in [6.07, 6.45) is 1.14. The van der Waals surface area contributed by atoms with Crippen molar-refractivity contribution in [1.82, 2.24) is 4.90 Å². The minimum absolute atomic E-state index is 0.0582. The quantitative estimate of drug-likeness (QED) is 0.725. The Bertz CT molecular complexity index is 389. The molecule has 0 aromatic rings. The first kappa shape index (κ1) is 16.4. The molecular weight excluding hydrogens is 260 g/mol. The van der Waals surface area contributed by atoms with Gasteiger partial charge in [-0.25, -0.2) is 0 Å². The minimum atomic E-state index is -0.587. The SMILES string of the molecule is CC(C)(C)OC(=O)CN(C(=O)CC#N)C1CCOCC1. The zero-order valence-corrected chi connectivity index (χ0v) is 12.3. The first-order valence-corrected chi connectivity index (χ1v) is 6.79. The molecule has 0 bridgehead atoms. The highest BCUT2D eigenvalue weighted by molar-refractivity contribution is 5.83. The largest absolute Gasteiger partial charge is 0.459 e. The van der Waals surface area contributed by atoms with Gasteiger partial charge in [0.05, 0.1) is 6.07 Å². The highest BCUT2D eigenvalue weighted by atomic mass is 16.6. The van der Waals surface area contributed by atoms with Crippen molar-refractivity contribution in [3.8, 4) is 6.07 Å². The van der Waals surface area contributed by atoms with Crippen LogP contribution in [-0.4, -0.2) is 48.2 Å². The normalized spacial score (nSPS) is 16.3. The maximum absolute atomic E-state index is 12.0. The van der Waals surface area contributed by atoms with Crippen molar-refractivity contribution in [2.24, 2.45) is 0 Å². The Morgan fingerprint density at radius 3 is 2.45 bits per heavy atom. The van der Waals surface area contributed by atoms with E-state index in [0.29, 0.717) is 26.1 Å². The molecule has 1 heterocycles. The zero-order valence-electron chi connectivity index (χ0n) is 12.3. The van der Waals surface area contributed by atoms with Crippen molar-refractivity contribution >= 4 is 11.9 Å². The monoisotopic (exact) mass is 282 g/mol. The van der Waals surface area contributed by atoms with Crippen LogP contribution in [0, 0.1) is 11.3 Å². The van der Waals surface area contributed by atoms with Crippen LogP contribution in [-0.2, 0) is 19.1 Å². The second-order valence-corrected chi connectivity index (χ2v) is 5.79. The third-order valence-corrected chi connectivity index (χ3v) is 2.90. The topological polar surface area (TPSA) is 79.6 Å². The second-order valence-electron chi connectivity index (χ2n) is 5.79. The van der Waals surface area contributed by atoms with Gasteiger partial charge in [0.1, 0.15) is 18.6 Å². The molecule has 112 valence electrons. The third kappa shape index (κ3) is 5.57. The number of hydrogen-bond acceptors (Lipinski definition) is 5. The molecule has 1 rings (SSSR count). The van der Waals surface area contributed by atoms with E-state index in [0.717, 1.165) is 0 Å². The van der Waals surface area contributed by atoms with E-state index in [-0.39, 0.29) is 24.9 Å². The second kappa shape index (κ2) is 7.25. The highest BCUT2D eigenvalue weighted by Gasteiger charge is 2.29. The van der Waals surface area contributed by atoms with Crippen molar-refractivity contribution in [3.63, 3.8) is 0 Å². The number of ether oxygens (including phenoxy) is 2. The van der Waals surface area contributed by atoms with Crippen molar-refractivity contribution in [3.05, 3.63) is 0 Å². The van der Waals surface area contributed by atoms with Crippen LogP contribution < -0.4 is 0 Å². The average Bonchev–Trinajstić information content (AvgIpc) is 2.35.